The van der Waals surface area contributed by atoms with Crippen LogP contribution in [0.2, 0.25) is 0 Å². The molecule has 0 fully saturated rings. The minimum atomic E-state index is -0.365. The van der Waals surface area contributed by atoms with Crippen LogP contribution in [0.15, 0.2) is 0 Å². The first-order valence-corrected chi connectivity index (χ1v) is 8.16. The fraction of sp³-hybridized carbons (Fsp3) is 0.600. The van der Waals surface area contributed by atoms with Crippen LogP contribution in [0, 0.1) is 6.92 Å². The Balaban J connectivity index is 2.90. The van der Waals surface area contributed by atoms with Gasteiger partial charge >= 0.3 is 5.97 Å². The number of carbonyl (C=O) groups excluding carboxylic acids is 2. The predicted octanol–water partition coefficient (Wildman–Crippen LogP) is 2.86. The molecule has 0 radical (unpaired) electrons. The van der Waals surface area contributed by atoms with Crippen LogP contribution in [0.5, 0.6) is 0 Å². The van der Waals surface area contributed by atoms with Crippen LogP contribution < -0.4 is 11.1 Å². The Morgan fingerprint density at radius 2 is 2.00 bits per heavy atom. The van der Waals surface area contributed by atoms with Crippen molar-refractivity contribution < 1.29 is 14.3 Å². The van der Waals surface area contributed by atoms with Crippen LogP contribution in [-0.2, 0) is 16.0 Å². The topological polar surface area (TPSA) is 81.4 Å². The fourth-order valence-corrected chi connectivity index (χ4v) is 3.28. The van der Waals surface area contributed by atoms with E-state index in [1.807, 2.05) is 13.8 Å². The molecule has 5 nitrogen and oxygen atoms in total. The van der Waals surface area contributed by atoms with Crippen molar-refractivity contribution in [2.24, 2.45) is 5.73 Å². The number of amides is 1. The third kappa shape index (κ3) is 4.82. The van der Waals surface area contributed by atoms with Crippen molar-refractivity contribution in [2.45, 2.75) is 46.5 Å². The SMILES string of the molecule is CCOC(=O)c1c(NC(=O)CCCCN)sc(C)c1CC. The normalized spacial score (nSPS) is 10.5. The van der Waals surface area contributed by atoms with Crippen LogP contribution in [0.3, 0.4) is 0 Å². The number of thiophene rings is 1. The molecule has 0 aliphatic carbocycles. The van der Waals surface area contributed by atoms with E-state index in [2.05, 4.69) is 5.32 Å². The molecule has 3 N–H and O–H groups in total. The van der Waals surface area contributed by atoms with Crippen molar-refractivity contribution in [2.75, 3.05) is 18.5 Å². The quantitative estimate of drug-likeness (QED) is 0.571. The predicted molar refractivity (Wildman–Crippen MR) is 85.9 cm³/mol. The van der Waals surface area contributed by atoms with Crippen LogP contribution >= 0.6 is 11.3 Å². The smallest absolute Gasteiger partial charge is 0.341 e. The molecule has 118 valence electrons. The molecular weight excluding hydrogens is 288 g/mol. The molecule has 0 aliphatic heterocycles. The van der Waals surface area contributed by atoms with E-state index in [0.29, 0.717) is 30.1 Å². The minimum absolute atomic E-state index is 0.0853. The molecule has 1 aromatic heterocycles. The van der Waals surface area contributed by atoms with Crippen molar-refractivity contribution in [1.29, 1.82) is 0 Å². The zero-order valence-corrected chi connectivity index (χ0v) is 13.8. The Morgan fingerprint density at radius 1 is 1.29 bits per heavy atom. The molecule has 1 aromatic rings. The highest BCUT2D eigenvalue weighted by Gasteiger charge is 2.23. The lowest BCUT2D eigenvalue weighted by Gasteiger charge is -2.07. The summed E-state index contributed by atoms with van der Waals surface area (Å²) in [5, 5.41) is 3.44. The molecule has 0 saturated carbocycles. The molecule has 0 spiro atoms. The van der Waals surface area contributed by atoms with Gasteiger partial charge in [0.15, 0.2) is 0 Å². The Morgan fingerprint density at radius 3 is 2.57 bits per heavy atom. The van der Waals surface area contributed by atoms with Gasteiger partial charge in [-0.2, -0.15) is 0 Å². The summed E-state index contributed by atoms with van der Waals surface area (Å²) in [6.07, 6.45) is 2.72. The van der Waals surface area contributed by atoms with E-state index in [0.717, 1.165) is 29.7 Å². The third-order valence-electron chi connectivity index (χ3n) is 3.15. The highest BCUT2D eigenvalue weighted by Crippen LogP contribution is 2.34. The van der Waals surface area contributed by atoms with Gasteiger partial charge in [0.25, 0.3) is 0 Å². The number of anilines is 1. The number of nitrogens with two attached hydrogens (primary N) is 1. The van der Waals surface area contributed by atoms with E-state index in [4.69, 9.17) is 10.5 Å². The molecule has 0 aliphatic rings. The molecule has 0 saturated heterocycles. The van der Waals surface area contributed by atoms with Crippen molar-refractivity contribution in [1.82, 2.24) is 0 Å². The van der Waals surface area contributed by atoms with Crippen molar-refractivity contribution in [3.05, 3.63) is 16.0 Å². The Bertz CT molecular complexity index is 497. The maximum Gasteiger partial charge on any atom is 0.341 e. The second kappa shape index (κ2) is 8.79. The second-order valence-electron chi connectivity index (χ2n) is 4.71. The minimum Gasteiger partial charge on any atom is -0.462 e. The van der Waals surface area contributed by atoms with Gasteiger partial charge in [-0.15, -0.1) is 11.3 Å². The molecule has 0 aromatic carbocycles. The Labute approximate surface area is 129 Å². The first-order valence-electron chi connectivity index (χ1n) is 7.34. The van der Waals surface area contributed by atoms with Crippen molar-refractivity contribution in [3.8, 4) is 0 Å². The van der Waals surface area contributed by atoms with E-state index in [9.17, 15) is 9.59 Å². The van der Waals surface area contributed by atoms with E-state index in [1.54, 1.807) is 6.92 Å². The molecule has 1 heterocycles. The fourth-order valence-electron chi connectivity index (χ4n) is 2.13. The Hall–Kier alpha value is -1.40. The lowest BCUT2D eigenvalue weighted by molar-refractivity contribution is -0.116. The monoisotopic (exact) mass is 312 g/mol. The van der Waals surface area contributed by atoms with E-state index < -0.39 is 0 Å². The van der Waals surface area contributed by atoms with Crippen LogP contribution in [0.1, 0.15) is 53.9 Å². The van der Waals surface area contributed by atoms with Gasteiger partial charge in [0, 0.05) is 11.3 Å². The molecule has 0 bridgehead atoms. The number of rotatable bonds is 8. The van der Waals surface area contributed by atoms with Gasteiger partial charge in [0.1, 0.15) is 5.00 Å². The zero-order valence-electron chi connectivity index (χ0n) is 13.0. The number of ether oxygens (including phenoxy) is 1. The molecule has 0 unspecified atom stereocenters. The number of carbonyl (C=O) groups is 2. The summed E-state index contributed by atoms with van der Waals surface area (Å²) in [6.45, 7) is 6.62. The van der Waals surface area contributed by atoms with Gasteiger partial charge in [0.2, 0.25) is 5.91 Å². The summed E-state index contributed by atoms with van der Waals surface area (Å²) in [7, 11) is 0. The van der Waals surface area contributed by atoms with Gasteiger partial charge in [0.05, 0.1) is 12.2 Å². The second-order valence-corrected chi connectivity index (χ2v) is 5.93. The zero-order chi connectivity index (χ0) is 15.8. The first-order chi connectivity index (χ1) is 10.0. The van der Waals surface area contributed by atoms with E-state index in [-0.39, 0.29) is 11.9 Å². The summed E-state index contributed by atoms with van der Waals surface area (Å²) in [4.78, 5) is 25.1. The lowest BCUT2D eigenvalue weighted by Crippen LogP contribution is -2.15. The average Bonchev–Trinajstić information content (AvgIpc) is 2.74. The van der Waals surface area contributed by atoms with E-state index in [1.165, 1.54) is 11.3 Å². The Kier molecular flexibility index (Phi) is 7.39. The van der Waals surface area contributed by atoms with Crippen LogP contribution in [-0.4, -0.2) is 25.0 Å². The van der Waals surface area contributed by atoms with Crippen LogP contribution in [0.25, 0.3) is 0 Å². The first kappa shape index (κ1) is 17.7. The average molecular weight is 312 g/mol. The van der Waals surface area contributed by atoms with E-state index >= 15 is 0 Å². The summed E-state index contributed by atoms with van der Waals surface area (Å²) in [5.41, 5.74) is 6.88. The largest absolute Gasteiger partial charge is 0.462 e. The van der Waals surface area contributed by atoms with Gasteiger partial charge in [-0.05, 0) is 45.2 Å². The van der Waals surface area contributed by atoms with Gasteiger partial charge in [-0.1, -0.05) is 6.92 Å². The molecule has 6 heteroatoms. The van der Waals surface area contributed by atoms with Crippen molar-refractivity contribution >= 4 is 28.2 Å². The number of hydrogen-bond acceptors (Lipinski definition) is 5. The summed E-state index contributed by atoms with van der Waals surface area (Å²) in [6, 6.07) is 0. The molecule has 1 rings (SSSR count). The maximum atomic E-state index is 12.1. The number of nitrogens with one attached hydrogen (secondary N) is 1. The summed E-state index contributed by atoms with van der Waals surface area (Å²) in [5.74, 6) is -0.450. The number of aryl methyl sites for hydroxylation is 1. The lowest BCUT2D eigenvalue weighted by atomic mass is 10.1. The van der Waals surface area contributed by atoms with Gasteiger partial charge < -0.3 is 15.8 Å². The standard InChI is InChI=1S/C15H24N2O3S/c1-4-11-10(3)21-14(13(11)15(19)20-5-2)17-12(18)8-6-7-9-16/h4-9,16H2,1-3H3,(H,17,18). The summed E-state index contributed by atoms with van der Waals surface area (Å²) >= 11 is 1.43. The number of esters is 1. The molecule has 21 heavy (non-hydrogen) atoms. The highest BCUT2D eigenvalue weighted by molar-refractivity contribution is 7.16. The third-order valence-corrected chi connectivity index (χ3v) is 4.22. The molecular formula is C15H24N2O3S. The summed E-state index contributed by atoms with van der Waals surface area (Å²) < 4.78 is 5.10. The van der Waals surface area contributed by atoms with Crippen LogP contribution in [0.4, 0.5) is 5.00 Å². The molecule has 0 atom stereocenters. The number of unbranched alkanes of at least 4 members (excludes halogenated alkanes) is 1. The highest BCUT2D eigenvalue weighted by atomic mass is 32.1. The molecule has 1 amide bonds. The van der Waals surface area contributed by atoms with Crippen molar-refractivity contribution in [3.63, 3.8) is 0 Å². The number of hydrogen-bond donors (Lipinski definition) is 2. The van der Waals surface area contributed by atoms with Gasteiger partial charge in [-0.3, -0.25) is 4.79 Å². The maximum absolute atomic E-state index is 12.1. The van der Waals surface area contributed by atoms with Gasteiger partial charge in [-0.25, -0.2) is 4.79 Å².